The molecule has 1 saturated heterocycles. The molecule has 1 fully saturated rings. The van der Waals surface area contributed by atoms with Crippen LogP contribution in [0.15, 0.2) is 30.3 Å². The van der Waals surface area contributed by atoms with E-state index in [-0.39, 0.29) is 6.03 Å². The van der Waals surface area contributed by atoms with Crippen molar-refractivity contribution in [2.24, 2.45) is 0 Å². The van der Waals surface area contributed by atoms with Crippen molar-refractivity contribution in [3.05, 3.63) is 41.5 Å². The summed E-state index contributed by atoms with van der Waals surface area (Å²) in [5, 5.41) is 2.88. The first-order valence-corrected chi connectivity index (χ1v) is 10.8. The molecule has 0 unspecified atom stereocenters. The predicted octanol–water partition coefficient (Wildman–Crippen LogP) is 3.63. The van der Waals surface area contributed by atoms with Crippen LogP contribution < -0.4 is 24.4 Å². The zero-order valence-corrected chi connectivity index (χ0v) is 19.6. The lowest BCUT2D eigenvalue weighted by atomic mass is 10.1. The van der Waals surface area contributed by atoms with Gasteiger partial charge in [0.1, 0.15) is 11.5 Å². The minimum atomic E-state index is -0.228. The van der Waals surface area contributed by atoms with E-state index in [4.69, 9.17) is 14.2 Å². The molecule has 2 aromatic carbocycles. The van der Waals surface area contributed by atoms with E-state index in [0.717, 1.165) is 33.8 Å². The third kappa shape index (κ3) is 4.72. The Kier molecular flexibility index (Phi) is 6.39. The van der Waals surface area contributed by atoms with Crippen LogP contribution in [-0.2, 0) is 0 Å². The molecule has 0 atom stereocenters. The molecular weight excluding hydrogens is 422 g/mol. The molecule has 174 valence electrons. The number of aromatic nitrogens is 2. The van der Waals surface area contributed by atoms with Crippen LogP contribution in [0.2, 0.25) is 0 Å². The largest absolute Gasteiger partial charge is 0.497 e. The van der Waals surface area contributed by atoms with Crippen molar-refractivity contribution >= 4 is 28.6 Å². The number of carbonyl (C=O) groups excluding carboxylic acids is 1. The number of hydrogen-bond donors (Lipinski definition) is 1. The molecule has 33 heavy (non-hydrogen) atoms. The fourth-order valence-electron chi connectivity index (χ4n) is 3.84. The van der Waals surface area contributed by atoms with E-state index in [2.05, 4.69) is 20.2 Å². The van der Waals surface area contributed by atoms with Gasteiger partial charge >= 0.3 is 6.03 Å². The van der Waals surface area contributed by atoms with Crippen molar-refractivity contribution in [3.8, 4) is 17.4 Å². The summed E-state index contributed by atoms with van der Waals surface area (Å²) in [6.45, 7) is 6.54. The number of rotatable bonds is 5. The Hall–Kier alpha value is -3.75. The van der Waals surface area contributed by atoms with Gasteiger partial charge in [0.25, 0.3) is 5.88 Å². The monoisotopic (exact) mass is 451 g/mol. The zero-order valence-electron chi connectivity index (χ0n) is 19.6. The Morgan fingerprint density at radius 1 is 0.818 bits per heavy atom. The maximum Gasteiger partial charge on any atom is 0.323 e. The number of benzene rings is 2. The second-order valence-corrected chi connectivity index (χ2v) is 7.98. The molecule has 1 aliphatic rings. The van der Waals surface area contributed by atoms with E-state index >= 15 is 0 Å². The number of fused-ring (bicyclic) bond motifs is 1. The number of nitrogens with zero attached hydrogens (tertiary/aromatic N) is 4. The fourth-order valence-corrected chi connectivity index (χ4v) is 3.84. The Labute approximate surface area is 193 Å². The van der Waals surface area contributed by atoms with Gasteiger partial charge in [-0.3, -0.25) is 5.32 Å². The lowest BCUT2D eigenvalue weighted by Gasteiger charge is -2.36. The van der Waals surface area contributed by atoms with Gasteiger partial charge in [0.05, 0.1) is 32.4 Å². The van der Waals surface area contributed by atoms with Crippen LogP contribution in [0.3, 0.4) is 0 Å². The quantitative estimate of drug-likeness (QED) is 0.634. The van der Waals surface area contributed by atoms with E-state index in [1.54, 1.807) is 19.1 Å². The molecule has 1 N–H and O–H groups in total. The van der Waals surface area contributed by atoms with Crippen LogP contribution in [0.1, 0.15) is 11.1 Å². The molecule has 1 aliphatic heterocycles. The molecular formula is C24H29N5O4. The van der Waals surface area contributed by atoms with Gasteiger partial charge in [-0.2, -0.15) is 0 Å². The van der Waals surface area contributed by atoms with Gasteiger partial charge in [-0.05, 0) is 37.1 Å². The molecule has 0 spiro atoms. The minimum Gasteiger partial charge on any atom is -0.497 e. The van der Waals surface area contributed by atoms with Crippen LogP contribution in [0.25, 0.3) is 11.0 Å². The number of nitrogens with one attached hydrogen (secondary N) is 1. The smallest absolute Gasteiger partial charge is 0.323 e. The van der Waals surface area contributed by atoms with E-state index < -0.39 is 0 Å². The van der Waals surface area contributed by atoms with Crippen LogP contribution >= 0.6 is 0 Å². The molecule has 0 saturated carbocycles. The van der Waals surface area contributed by atoms with Crippen LogP contribution in [0.4, 0.5) is 16.3 Å². The van der Waals surface area contributed by atoms with Crippen molar-refractivity contribution in [3.63, 3.8) is 0 Å². The van der Waals surface area contributed by atoms with Gasteiger partial charge < -0.3 is 24.0 Å². The number of hydrogen-bond acceptors (Lipinski definition) is 7. The lowest BCUT2D eigenvalue weighted by Crippen LogP contribution is -2.50. The first-order chi connectivity index (χ1) is 15.9. The van der Waals surface area contributed by atoms with Gasteiger partial charge in [-0.15, -0.1) is 0 Å². The number of aryl methyl sites for hydroxylation is 2. The number of amides is 2. The number of anilines is 2. The second-order valence-electron chi connectivity index (χ2n) is 7.98. The zero-order chi connectivity index (χ0) is 23.5. The van der Waals surface area contributed by atoms with E-state index in [9.17, 15) is 4.79 Å². The third-order valence-corrected chi connectivity index (χ3v) is 5.93. The van der Waals surface area contributed by atoms with Crippen molar-refractivity contribution in [1.82, 2.24) is 14.9 Å². The molecule has 3 aromatic rings. The van der Waals surface area contributed by atoms with Crippen molar-refractivity contribution in [2.75, 3.05) is 57.7 Å². The predicted molar refractivity (Wildman–Crippen MR) is 128 cm³/mol. The highest BCUT2D eigenvalue weighted by Crippen LogP contribution is 2.29. The minimum absolute atomic E-state index is 0.228. The van der Waals surface area contributed by atoms with Gasteiger partial charge in [0, 0.05) is 50.1 Å². The maximum absolute atomic E-state index is 13.0. The van der Waals surface area contributed by atoms with Crippen LogP contribution in [0, 0.1) is 13.8 Å². The summed E-state index contributed by atoms with van der Waals surface area (Å²) in [5.41, 5.74) is 4.69. The number of methoxy groups -OCH3 is 3. The standard InChI is InChI=1S/C24H29N5O4/c1-15-10-20-21(11-16(15)2)26-23(33-5)22(25-20)27-24(30)29-8-6-28(7-9-29)17-12-18(31-3)14-19(13-17)32-4/h10-14H,6-9H2,1-5H3,(H,25,27,30). The molecule has 2 heterocycles. The fraction of sp³-hybridized carbons (Fsp3) is 0.375. The van der Waals surface area contributed by atoms with Gasteiger partial charge in [0.15, 0.2) is 5.82 Å². The first kappa shape index (κ1) is 22.4. The Bertz CT molecular complexity index is 1150. The van der Waals surface area contributed by atoms with Crippen molar-refractivity contribution in [1.29, 1.82) is 0 Å². The highest BCUT2D eigenvalue weighted by molar-refractivity contribution is 5.91. The summed E-state index contributed by atoms with van der Waals surface area (Å²) in [5.74, 6) is 2.08. The average molecular weight is 452 g/mol. The summed E-state index contributed by atoms with van der Waals surface area (Å²) in [6.07, 6.45) is 0. The molecule has 4 rings (SSSR count). The molecule has 9 nitrogen and oxygen atoms in total. The number of piperazine rings is 1. The summed E-state index contributed by atoms with van der Waals surface area (Å²) in [6, 6.07) is 9.49. The van der Waals surface area contributed by atoms with Crippen molar-refractivity contribution < 1.29 is 19.0 Å². The van der Waals surface area contributed by atoms with E-state index in [1.165, 1.54) is 7.11 Å². The molecule has 0 aliphatic carbocycles. The molecule has 9 heteroatoms. The molecule has 0 bridgehead atoms. The second kappa shape index (κ2) is 9.40. The number of urea groups is 1. The lowest BCUT2D eigenvalue weighted by molar-refractivity contribution is 0.208. The maximum atomic E-state index is 13.0. The normalized spacial score (nSPS) is 13.7. The number of carbonyl (C=O) groups is 1. The Balaban J connectivity index is 1.46. The van der Waals surface area contributed by atoms with E-state index in [1.807, 2.05) is 44.2 Å². The molecule has 1 aromatic heterocycles. The Morgan fingerprint density at radius 2 is 1.39 bits per heavy atom. The average Bonchev–Trinajstić information content (AvgIpc) is 2.84. The van der Waals surface area contributed by atoms with Crippen LogP contribution in [0.5, 0.6) is 17.4 Å². The topological polar surface area (TPSA) is 89.1 Å². The Morgan fingerprint density at radius 3 is 1.94 bits per heavy atom. The third-order valence-electron chi connectivity index (χ3n) is 5.93. The summed E-state index contributed by atoms with van der Waals surface area (Å²) in [7, 11) is 4.79. The van der Waals surface area contributed by atoms with Gasteiger partial charge in [-0.25, -0.2) is 14.8 Å². The van der Waals surface area contributed by atoms with Gasteiger partial charge in [0.2, 0.25) is 0 Å². The summed E-state index contributed by atoms with van der Waals surface area (Å²) in [4.78, 5) is 26.1. The van der Waals surface area contributed by atoms with Crippen LogP contribution in [-0.4, -0.2) is 68.4 Å². The number of ether oxygens (including phenoxy) is 3. The highest BCUT2D eigenvalue weighted by Gasteiger charge is 2.24. The molecule has 0 radical (unpaired) electrons. The molecule has 2 amide bonds. The SMILES string of the molecule is COc1cc(OC)cc(N2CCN(C(=O)Nc3nc4cc(C)c(C)cc4nc3OC)CC2)c1. The van der Waals surface area contributed by atoms with E-state index in [0.29, 0.717) is 43.4 Å². The first-order valence-electron chi connectivity index (χ1n) is 10.8. The summed E-state index contributed by atoms with van der Waals surface area (Å²) < 4.78 is 16.1. The van der Waals surface area contributed by atoms with Crippen molar-refractivity contribution in [2.45, 2.75) is 13.8 Å². The summed E-state index contributed by atoms with van der Waals surface area (Å²) >= 11 is 0. The highest BCUT2D eigenvalue weighted by atomic mass is 16.5. The van der Waals surface area contributed by atoms with Gasteiger partial charge in [-0.1, -0.05) is 0 Å².